The zero-order valence-corrected chi connectivity index (χ0v) is 17.3. The predicted molar refractivity (Wildman–Crippen MR) is 116 cm³/mol. The van der Waals surface area contributed by atoms with Crippen LogP contribution in [0.2, 0.25) is 0 Å². The summed E-state index contributed by atoms with van der Waals surface area (Å²) in [5, 5.41) is 0. The van der Waals surface area contributed by atoms with E-state index < -0.39 is 0 Å². The van der Waals surface area contributed by atoms with Crippen molar-refractivity contribution in [3.05, 3.63) is 81.1 Å². The molecule has 0 saturated heterocycles. The number of aryl methyl sites for hydroxylation is 2. The van der Waals surface area contributed by atoms with E-state index in [-0.39, 0.29) is 0 Å². The second-order valence-electron chi connectivity index (χ2n) is 7.08. The third kappa shape index (κ3) is 3.73. The molecule has 0 N–H and O–H groups in total. The van der Waals surface area contributed by atoms with E-state index in [0.717, 1.165) is 0 Å². The van der Waals surface area contributed by atoms with Crippen molar-refractivity contribution in [3.8, 4) is 0 Å². The topological polar surface area (TPSA) is 6.25 Å². The summed E-state index contributed by atoms with van der Waals surface area (Å²) in [5.74, 6) is 0. The molecule has 1 aromatic carbocycles. The van der Waals surface area contributed by atoms with Gasteiger partial charge in [0, 0.05) is 41.7 Å². The van der Waals surface area contributed by atoms with E-state index in [1.54, 1.807) is 0 Å². The van der Waals surface area contributed by atoms with Gasteiger partial charge >= 0.3 is 0 Å². The van der Waals surface area contributed by atoms with Crippen molar-refractivity contribution in [2.24, 2.45) is 0 Å². The second kappa shape index (κ2) is 7.46. The van der Waals surface area contributed by atoms with Gasteiger partial charge in [0.15, 0.2) is 5.71 Å². The first-order chi connectivity index (χ1) is 12.4. The predicted octanol–water partition coefficient (Wildman–Crippen LogP) is 5.07. The zero-order chi connectivity index (χ0) is 18.8. The molecule has 0 radical (unpaired) electrons. The van der Waals surface area contributed by atoms with Crippen LogP contribution in [-0.2, 0) is 0 Å². The lowest BCUT2D eigenvalue weighted by atomic mass is 9.91. The molecule has 0 spiro atoms. The minimum atomic E-state index is 1.22. The van der Waals surface area contributed by atoms with Crippen LogP contribution in [-0.4, -0.2) is 38.5 Å². The molecule has 1 heterocycles. The molecule has 0 aliphatic heterocycles. The Morgan fingerprint density at radius 2 is 1.54 bits per heavy atom. The lowest BCUT2D eigenvalue weighted by molar-refractivity contribution is -0.462. The maximum atomic E-state index is 2.31. The average molecular weight is 364 g/mol. The number of hydrogen-bond donors (Lipinski definition) is 0. The van der Waals surface area contributed by atoms with Crippen LogP contribution in [0.1, 0.15) is 20.9 Å². The smallest absolute Gasteiger partial charge is 0.199 e. The molecule has 3 heteroatoms. The van der Waals surface area contributed by atoms with Gasteiger partial charge in [-0.1, -0.05) is 12.1 Å². The highest BCUT2D eigenvalue weighted by Crippen LogP contribution is 2.35. The molecule has 0 atom stereocenters. The summed E-state index contributed by atoms with van der Waals surface area (Å²) >= 11 is 1.87. The molecule has 134 valence electrons. The first-order valence-corrected chi connectivity index (χ1v) is 9.68. The van der Waals surface area contributed by atoms with Crippen molar-refractivity contribution in [2.45, 2.75) is 13.8 Å². The van der Waals surface area contributed by atoms with Crippen LogP contribution in [0.4, 0.5) is 5.69 Å². The number of allylic oxidation sites excluding steroid dienone is 5. The Bertz CT molecular complexity index is 913. The fourth-order valence-corrected chi connectivity index (χ4v) is 4.14. The standard InChI is InChI=1S/C23H27N2S/c1-16-15-22(17(2)26-16)23(18-7-11-20(12-8-18)24(3)4)19-9-13-21(14-10-19)25(5)6/h7-15H,1-6H3/q+1. The van der Waals surface area contributed by atoms with E-state index in [1.807, 2.05) is 11.3 Å². The zero-order valence-electron chi connectivity index (χ0n) is 16.5. The van der Waals surface area contributed by atoms with Crippen molar-refractivity contribution in [2.75, 3.05) is 33.1 Å². The summed E-state index contributed by atoms with van der Waals surface area (Å²) in [5.41, 5.74) is 7.59. The first-order valence-electron chi connectivity index (χ1n) is 8.86. The number of nitrogens with zero attached hydrogens (tertiary/aromatic N) is 2. The van der Waals surface area contributed by atoms with Crippen LogP contribution in [0.5, 0.6) is 0 Å². The molecule has 3 rings (SSSR count). The van der Waals surface area contributed by atoms with Crippen LogP contribution in [0, 0.1) is 13.8 Å². The number of anilines is 1. The van der Waals surface area contributed by atoms with Crippen LogP contribution in [0.15, 0.2) is 60.2 Å². The van der Waals surface area contributed by atoms with Crippen LogP contribution in [0.3, 0.4) is 0 Å². The van der Waals surface area contributed by atoms with Crippen LogP contribution in [0.25, 0.3) is 5.57 Å². The highest BCUT2D eigenvalue weighted by Gasteiger charge is 2.16. The Labute approximate surface area is 161 Å². The highest BCUT2D eigenvalue weighted by molar-refractivity contribution is 7.12. The van der Waals surface area contributed by atoms with E-state index in [4.69, 9.17) is 0 Å². The number of benzene rings is 1. The highest BCUT2D eigenvalue weighted by atomic mass is 32.1. The molecule has 0 amide bonds. The average Bonchev–Trinajstić information content (AvgIpc) is 2.94. The third-order valence-corrected chi connectivity index (χ3v) is 5.62. The van der Waals surface area contributed by atoms with Crippen molar-refractivity contribution in [3.63, 3.8) is 0 Å². The summed E-state index contributed by atoms with van der Waals surface area (Å²) < 4.78 is 2.13. The van der Waals surface area contributed by atoms with Gasteiger partial charge in [-0.25, -0.2) is 4.58 Å². The Hall–Kier alpha value is -2.39. The largest absolute Gasteiger partial charge is 0.378 e. The van der Waals surface area contributed by atoms with Crippen molar-refractivity contribution < 1.29 is 4.58 Å². The Balaban J connectivity index is 2.17. The molecular formula is C23H27N2S+. The van der Waals surface area contributed by atoms with Gasteiger partial charge in [0.1, 0.15) is 14.1 Å². The molecule has 2 aromatic rings. The maximum absolute atomic E-state index is 2.31. The van der Waals surface area contributed by atoms with Gasteiger partial charge in [-0.05, 0) is 66.5 Å². The van der Waals surface area contributed by atoms with Gasteiger partial charge in [0.25, 0.3) is 0 Å². The van der Waals surface area contributed by atoms with Gasteiger partial charge in [0.05, 0.1) is 0 Å². The lowest BCUT2D eigenvalue weighted by Gasteiger charge is -2.16. The second-order valence-corrected chi connectivity index (χ2v) is 8.54. The normalized spacial score (nSPS) is 13.3. The van der Waals surface area contributed by atoms with E-state index in [2.05, 4.69) is 106 Å². The van der Waals surface area contributed by atoms with Crippen molar-refractivity contribution in [1.29, 1.82) is 0 Å². The van der Waals surface area contributed by atoms with Gasteiger partial charge in [0.2, 0.25) is 0 Å². The Morgan fingerprint density at radius 1 is 0.923 bits per heavy atom. The van der Waals surface area contributed by atoms with Gasteiger partial charge in [-0.3, -0.25) is 0 Å². The van der Waals surface area contributed by atoms with E-state index in [9.17, 15) is 0 Å². The minimum absolute atomic E-state index is 1.22. The number of thiophene rings is 1. The molecule has 0 unspecified atom stereocenters. The quantitative estimate of drug-likeness (QED) is 0.690. The molecule has 1 aliphatic carbocycles. The minimum Gasteiger partial charge on any atom is -0.378 e. The van der Waals surface area contributed by atoms with E-state index in [0.29, 0.717) is 0 Å². The molecule has 2 nitrogen and oxygen atoms in total. The summed E-state index contributed by atoms with van der Waals surface area (Å²) in [7, 11) is 8.30. The van der Waals surface area contributed by atoms with E-state index in [1.165, 1.54) is 43.4 Å². The lowest BCUT2D eigenvalue weighted by Crippen LogP contribution is -2.10. The number of rotatable bonds is 3. The molecular weight excluding hydrogens is 336 g/mol. The van der Waals surface area contributed by atoms with Gasteiger partial charge in [-0.2, -0.15) is 0 Å². The maximum Gasteiger partial charge on any atom is 0.199 e. The van der Waals surface area contributed by atoms with Crippen LogP contribution >= 0.6 is 11.3 Å². The molecule has 26 heavy (non-hydrogen) atoms. The molecule has 0 saturated carbocycles. The van der Waals surface area contributed by atoms with E-state index >= 15 is 0 Å². The summed E-state index contributed by atoms with van der Waals surface area (Å²) in [4.78, 5) is 4.85. The fourth-order valence-electron chi connectivity index (χ4n) is 3.21. The first kappa shape index (κ1) is 18.4. The number of hydrogen-bond acceptors (Lipinski definition) is 2. The summed E-state index contributed by atoms with van der Waals surface area (Å²) in [6.07, 6.45) is 8.85. The van der Waals surface area contributed by atoms with Gasteiger partial charge in [-0.15, -0.1) is 11.3 Å². The summed E-state index contributed by atoms with van der Waals surface area (Å²) in [6.45, 7) is 4.40. The fraction of sp³-hybridized carbons (Fsp3) is 0.261. The van der Waals surface area contributed by atoms with Gasteiger partial charge < -0.3 is 4.90 Å². The van der Waals surface area contributed by atoms with Crippen molar-refractivity contribution >= 4 is 28.3 Å². The molecule has 0 bridgehead atoms. The van der Waals surface area contributed by atoms with Crippen LogP contribution < -0.4 is 4.90 Å². The molecule has 1 aliphatic rings. The SMILES string of the molecule is Cc1cc(C(=C2C=CC(=[N+](C)C)C=C2)c2ccc(N(C)C)cc2)c(C)s1. The molecule has 0 fully saturated rings. The summed E-state index contributed by atoms with van der Waals surface area (Å²) in [6, 6.07) is 11.2. The third-order valence-electron chi connectivity index (χ3n) is 4.66. The Morgan fingerprint density at radius 3 is 2.00 bits per heavy atom. The van der Waals surface area contributed by atoms with Crippen molar-refractivity contribution in [1.82, 2.24) is 0 Å². The monoisotopic (exact) mass is 363 g/mol. The molecule has 1 aromatic heterocycles. The Kier molecular flexibility index (Phi) is 5.28.